The summed E-state index contributed by atoms with van der Waals surface area (Å²) < 4.78 is 30.7. The van der Waals surface area contributed by atoms with E-state index in [1.807, 2.05) is 0 Å². The average Bonchev–Trinajstić information content (AvgIpc) is 2.66. The fraction of sp³-hybridized carbons (Fsp3) is 0.300. The highest BCUT2D eigenvalue weighted by molar-refractivity contribution is 7.89. The van der Waals surface area contributed by atoms with Gasteiger partial charge in [0.25, 0.3) is 5.91 Å². The Balaban J connectivity index is 1.92. The number of ketones is 1. The van der Waals surface area contributed by atoms with Gasteiger partial charge in [-0.05, 0) is 55.8 Å². The number of carbonyl (C=O) groups excluding carboxylic acids is 2. The van der Waals surface area contributed by atoms with Crippen LogP contribution >= 0.6 is 0 Å². The van der Waals surface area contributed by atoms with Crippen LogP contribution in [0.15, 0.2) is 53.4 Å². The van der Waals surface area contributed by atoms with Gasteiger partial charge < -0.3 is 10.1 Å². The molecular weight excluding hydrogens is 380 g/mol. The monoisotopic (exact) mass is 404 g/mol. The van der Waals surface area contributed by atoms with Gasteiger partial charge in [-0.15, -0.1) is 0 Å². The van der Waals surface area contributed by atoms with E-state index in [4.69, 9.17) is 4.74 Å². The van der Waals surface area contributed by atoms with Gasteiger partial charge in [0.2, 0.25) is 10.0 Å². The smallest absolute Gasteiger partial charge is 0.258 e. The molecule has 1 unspecified atom stereocenters. The molecule has 0 saturated heterocycles. The number of ether oxygens (including phenoxy) is 1. The van der Waals surface area contributed by atoms with Crippen LogP contribution in [0.25, 0.3) is 0 Å². The van der Waals surface area contributed by atoms with E-state index in [9.17, 15) is 18.0 Å². The Kier molecular flexibility index (Phi) is 6.93. The lowest BCUT2D eigenvalue weighted by atomic mass is 10.1. The third-order valence-electron chi connectivity index (χ3n) is 4.17. The van der Waals surface area contributed by atoms with Gasteiger partial charge in [0, 0.05) is 19.7 Å². The average molecular weight is 404 g/mol. The summed E-state index contributed by atoms with van der Waals surface area (Å²) in [6.07, 6.45) is 0. The van der Waals surface area contributed by atoms with Crippen LogP contribution in [0.1, 0.15) is 35.8 Å². The van der Waals surface area contributed by atoms with E-state index in [-0.39, 0.29) is 29.2 Å². The number of hydrogen-bond acceptors (Lipinski definition) is 5. The van der Waals surface area contributed by atoms with Crippen LogP contribution in [-0.4, -0.2) is 45.1 Å². The molecule has 0 fully saturated rings. The minimum absolute atomic E-state index is 0.0393. The van der Waals surface area contributed by atoms with Gasteiger partial charge in [-0.2, -0.15) is 0 Å². The lowest BCUT2D eigenvalue weighted by molar-refractivity contribution is -0.123. The summed E-state index contributed by atoms with van der Waals surface area (Å²) in [6, 6.07) is 12.6. The number of carbonyl (C=O) groups is 2. The zero-order valence-electron chi connectivity index (χ0n) is 16.3. The lowest BCUT2D eigenvalue weighted by Crippen LogP contribution is -2.31. The van der Waals surface area contributed by atoms with Crippen molar-refractivity contribution in [1.82, 2.24) is 9.62 Å². The third kappa shape index (κ3) is 5.40. The van der Waals surface area contributed by atoms with Gasteiger partial charge in [0.05, 0.1) is 10.9 Å². The highest BCUT2D eigenvalue weighted by Crippen LogP contribution is 2.18. The summed E-state index contributed by atoms with van der Waals surface area (Å²) in [6.45, 7) is 3.11. The van der Waals surface area contributed by atoms with E-state index < -0.39 is 10.0 Å². The Morgan fingerprint density at radius 2 is 1.61 bits per heavy atom. The van der Waals surface area contributed by atoms with E-state index in [1.165, 1.54) is 33.2 Å². The predicted molar refractivity (Wildman–Crippen MR) is 106 cm³/mol. The van der Waals surface area contributed by atoms with Gasteiger partial charge in [-0.3, -0.25) is 9.59 Å². The third-order valence-corrected chi connectivity index (χ3v) is 6.00. The molecule has 0 spiro atoms. The molecule has 0 bridgehead atoms. The van der Waals surface area contributed by atoms with E-state index in [0.717, 1.165) is 9.87 Å². The normalized spacial score (nSPS) is 12.5. The molecule has 1 atom stereocenters. The fourth-order valence-corrected chi connectivity index (χ4v) is 3.34. The molecule has 0 saturated carbocycles. The van der Waals surface area contributed by atoms with Gasteiger partial charge in [0.15, 0.2) is 12.4 Å². The van der Waals surface area contributed by atoms with Crippen molar-refractivity contribution in [3.63, 3.8) is 0 Å². The molecule has 0 aliphatic heterocycles. The van der Waals surface area contributed by atoms with Crippen molar-refractivity contribution < 1.29 is 22.7 Å². The first-order chi connectivity index (χ1) is 13.1. The molecule has 1 amide bonds. The zero-order valence-corrected chi connectivity index (χ0v) is 17.1. The number of hydrogen-bond donors (Lipinski definition) is 1. The van der Waals surface area contributed by atoms with E-state index in [2.05, 4.69) is 5.32 Å². The number of sulfonamides is 1. The van der Waals surface area contributed by atoms with Crippen LogP contribution < -0.4 is 10.1 Å². The second-order valence-electron chi connectivity index (χ2n) is 6.51. The number of amides is 1. The Labute approximate surface area is 165 Å². The summed E-state index contributed by atoms with van der Waals surface area (Å²) in [4.78, 5) is 23.5. The number of Topliss-reactive ketones (excluding diaryl/α,β-unsaturated/α-hetero) is 1. The van der Waals surface area contributed by atoms with Crippen LogP contribution in [0.5, 0.6) is 5.75 Å². The number of rotatable bonds is 8. The Morgan fingerprint density at radius 3 is 2.11 bits per heavy atom. The quantitative estimate of drug-likeness (QED) is 0.682. The van der Waals surface area contributed by atoms with Crippen molar-refractivity contribution >= 4 is 21.7 Å². The maximum Gasteiger partial charge on any atom is 0.258 e. The molecule has 0 aromatic heterocycles. The topological polar surface area (TPSA) is 92.8 Å². The summed E-state index contributed by atoms with van der Waals surface area (Å²) >= 11 is 0. The SMILES string of the molecule is CC(=O)c1ccc(OCC(=O)NC(C)c2ccc(S(=O)(=O)N(C)C)cc2)cc1. The molecule has 2 aromatic rings. The molecule has 28 heavy (non-hydrogen) atoms. The van der Waals surface area contributed by atoms with Crippen molar-refractivity contribution in [1.29, 1.82) is 0 Å². The van der Waals surface area contributed by atoms with Crippen molar-refractivity contribution in [3.05, 3.63) is 59.7 Å². The second kappa shape index (κ2) is 8.99. The zero-order chi connectivity index (χ0) is 20.9. The molecule has 7 nitrogen and oxygen atoms in total. The van der Waals surface area contributed by atoms with Crippen LogP contribution in [-0.2, 0) is 14.8 Å². The minimum atomic E-state index is -3.49. The molecule has 8 heteroatoms. The second-order valence-corrected chi connectivity index (χ2v) is 8.67. The molecule has 0 aliphatic carbocycles. The highest BCUT2D eigenvalue weighted by atomic mass is 32.2. The number of benzene rings is 2. The molecule has 150 valence electrons. The maximum atomic E-state index is 12.1. The molecule has 0 aliphatic rings. The molecule has 2 aromatic carbocycles. The van der Waals surface area contributed by atoms with Crippen LogP contribution in [0.2, 0.25) is 0 Å². The molecule has 0 heterocycles. The first kappa shape index (κ1) is 21.6. The number of nitrogens with one attached hydrogen (secondary N) is 1. The fourth-order valence-electron chi connectivity index (χ4n) is 2.44. The number of nitrogens with zero attached hydrogens (tertiary/aromatic N) is 1. The first-order valence-corrected chi connectivity index (χ1v) is 10.1. The van der Waals surface area contributed by atoms with Crippen LogP contribution in [0.4, 0.5) is 0 Å². The highest BCUT2D eigenvalue weighted by Gasteiger charge is 2.18. The van der Waals surface area contributed by atoms with Crippen LogP contribution in [0.3, 0.4) is 0 Å². The molecule has 1 N–H and O–H groups in total. The Hall–Kier alpha value is -2.71. The minimum Gasteiger partial charge on any atom is -0.484 e. The van der Waals surface area contributed by atoms with Gasteiger partial charge in [0.1, 0.15) is 5.75 Å². The largest absolute Gasteiger partial charge is 0.484 e. The first-order valence-electron chi connectivity index (χ1n) is 8.67. The van der Waals surface area contributed by atoms with Crippen LogP contribution in [0, 0.1) is 0 Å². The van der Waals surface area contributed by atoms with Crippen molar-refractivity contribution in [3.8, 4) is 5.75 Å². The maximum absolute atomic E-state index is 12.1. The van der Waals surface area contributed by atoms with Gasteiger partial charge in [-0.1, -0.05) is 12.1 Å². The summed E-state index contributed by atoms with van der Waals surface area (Å²) in [5.41, 5.74) is 1.35. The van der Waals surface area contributed by atoms with Crippen molar-refractivity contribution in [2.75, 3.05) is 20.7 Å². The van der Waals surface area contributed by atoms with E-state index >= 15 is 0 Å². The summed E-state index contributed by atoms with van der Waals surface area (Å²) in [5.74, 6) is 0.140. The van der Waals surface area contributed by atoms with Gasteiger partial charge >= 0.3 is 0 Å². The predicted octanol–water partition coefficient (Wildman–Crippen LogP) is 2.40. The van der Waals surface area contributed by atoms with Gasteiger partial charge in [-0.25, -0.2) is 12.7 Å². The summed E-state index contributed by atoms with van der Waals surface area (Å²) in [7, 11) is -0.541. The van der Waals surface area contributed by atoms with E-state index in [1.54, 1.807) is 43.3 Å². The lowest BCUT2D eigenvalue weighted by Gasteiger charge is -2.16. The van der Waals surface area contributed by atoms with E-state index in [0.29, 0.717) is 11.3 Å². The van der Waals surface area contributed by atoms with Crippen molar-refractivity contribution in [2.24, 2.45) is 0 Å². The molecule has 0 radical (unpaired) electrons. The van der Waals surface area contributed by atoms with Crippen molar-refractivity contribution in [2.45, 2.75) is 24.8 Å². The summed E-state index contributed by atoms with van der Waals surface area (Å²) in [5, 5.41) is 2.80. The Bertz CT molecular complexity index is 936. The molecule has 2 rings (SSSR count). The molecular formula is C20H24N2O5S. The standard InChI is InChI=1S/C20H24N2O5S/c1-14(16-7-11-19(12-8-16)28(25,26)22(3)4)21-20(24)13-27-18-9-5-17(6-10-18)15(2)23/h5-12,14H,13H2,1-4H3,(H,21,24). The Morgan fingerprint density at radius 1 is 1.04 bits per heavy atom.